The number of anilines is 1. The summed E-state index contributed by atoms with van der Waals surface area (Å²) in [6, 6.07) is 5.40. The minimum absolute atomic E-state index is 0.0300. The lowest BCUT2D eigenvalue weighted by Gasteiger charge is -2.36. The highest BCUT2D eigenvalue weighted by molar-refractivity contribution is 6.00. The molecule has 3 aliphatic rings. The molecule has 0 radical (unpaired) electrons. The van der Waals surface area contributed by atoms with Gasteiger partial charge in [0.05, 0.1) is 26.2 Å². The Bertz CT molecular complexity index is 772. The maximum atomic E-state index is 13.1. The molecular weight excluding hydrogens is 386 g/mol. The van der Waals surface area contributed by atoms with Crippen molar-refractivity contribution < 1.29 is 23.8 Å². The van der Waals surface area contributed by atoms with Gasteiger partial charge in [0.25, 0.3) is 0 Å². The molecule has 3 heterocycles. The number of hydrogen-bond acceptors (Lipinski definition) is 6. The van der Waals surface area contributed by atoms with Crippen LogP contribution < -0.4 is 14.4 Å². The van der Waals surface area contributed by atoms with E-state index in [0.29, 0.717) is 37.2 Å². The highest BCUT2D eigenvalue weighted by Crippen LogP contribution is 2.34. The molecule has 0 saturated carbocycles. The van der Waals surface area contributed by atoms with Crippen LogP contribution in [0, 0.1) is 5.92 Å². The Labute approximate surface area is 177 Å². The molecule has 3 fully saturated rings. The van der Waals surface area contributed by atoms with Crippen molar-refractivity contribution >= 4 is 17.5 Å². The molecule has 0 bridgehead atoms. The van der Waals surface area contributed by atoms with Gasteiger partial charge >= 0.3 is 0 Å². The molecule has 1 aromatic carbocycles. The zero-order valence-electron chi connectivity index (χ0n) is 17.8. The Hall–Kier alpha value is -2.32. The molecule has 2 unspecified atom stereocenters. The minimum atomic E-state index is -0.296. The number of nitrogens with zero attached hydrogens (tertiary/aromatic N) is 3. The van der Waals surface area contributed by atoms with Crippen molar-refractivity contribution in [1.82, 2.24) is 9.80 Å². The molecule has 8 nitrogen and oxygen atoms in total. The van der Waals surface area contributed by atoms with Gasteiger partial charge in [-0.15, -0.1) is 0 Å². The van der Waals surface area contributed by atoms with Gasteiger partial charge in [-0.05, 0) is 25.0 Å². The topological polar surface area (TPSA) is 71.5 Å². The normalized spacial score (nSPS) is 25.1. The molecule has 1 aromatic rings. The fraction of sp³-hybridized carbons (Fsp3) is 0.636. The van der Waals surface area contributed by atoms with Crippen molar-refractivity contribution in [2.24, 2.45) is 5.92 Å². The number of benzene rings is 1. The van der Waals surface area contributed by atoms with Crippen LogP contribution in [0.3, 0.4) is 0 Å². The van der Waals surface area contributed by atoms with Crippen molar-refractivity contribution in [3.63, 3.8) is 0 Å². The van der Waals surface area contributed by atoms with Crippen LogP contribution in [0.2, 0.25) is 0 Å². The molecule has 164 valence electrons. The van der Waals surface area contributed by atoms with E-state index in [1.165, 1.54) is 0 Å². The highest BCUT2D eigenvalue weighted by atomic mass is 16.5. The monoisotopic (exact) mass is 417 g/mol. The summed E-state index contributed by atoms with van der Waals surface area (Å²) in [5.41, 5.74) is 0.731. The van der Waals surface area contributed by atoms with E-state index in [1.54, 1.807) is 31.3 Å². The zero-order valence-corrected chi connectivity index (χ0v) is 17.8. The molecule has 4 rings (SSSR count). The molecule has 0 N–H and O–H groups in total. The average Bonchev–Trinajstić information content (AvgIpc) is 3.43. The molecule has 2 amide bonds. The number of carbonyl (C=O) groups is 2. The van der Waals surface area contributed by atoms with E-state index >= 15 is 0 Å². The molecule has 3 saturated heterocycles. The Morgan fingerprint density at radius 2 is 1.90 bits per heavy atom. The van der Waals surface area contributed by atoms with E-state index in [1.807, 2.05) is 11.0 Å². The maximum absolute atomic E-state index is 13.1. The van der Waals surface area contributed by atoms with Crippen LogP contribution >= 0.6 is 0 Å². The van der Waals surface area contributed by atoms with Crippen LogP contribution in [0.15, 0.2) is 18.2 Å². The second kappa shape index (κ2) is 9.22. The van der Waals surface area contributed by atoms with Gasteiger partial charge in [0.2, 0.25) is 11.8 Å². The third-order valence-corrected chi connectivity index (χ3v) is 6.32. The number of methoxy groups -OCH3 is 2. The predicted octanol–water partition coefficient (Wildman–Crippen LogP) is 1.38. The van der Waals surface area contributed by atoms with E-state index in [4.69, 9.17) is 14.2 Å². The lowest BCUT2D eigenvalue weighted by atomic mass is 10.1. The third kappa shape index (κ3) is 4.39. The average molecular weight is 418 g/mol. The van der Waals surface area contributed by atoms with Gasteiger partial charge in [-0.3, -0.25) is 14.5 Å². The summed E-state index contributed by atoms with van der Waals surface area (Å²) in [7, 11) is 3.14. The summed E-state index contributed by atoms with van der Waals surface area (Å²) in [5, 5.41) is 0. The molecular formula is C22H31N3O5. The SMILES string of the molecule is COc1ccc(N2CC(C(=O)N3CCN(CC4CCCO4)CC3)CC2=O)cc1OC. The second-order valence-corrected chi connectivity index (χ2v) is 8.21. The molecule has 0 aromatic heterocycles. The Morgan fingerprint density at radius 3 is 2.57 bits per heavy atom. The summed E-state index contributed by atoms with van der Waals surface area (Å²) in [5.74, 6) is 0.942. The first kappa shape index (κ1) is 20.9. The van der Waals surface area contributed by atoms with Crippen LogP contribution in [0.4, 0.5) is 5.69 Å². The Morgan fingerprint density at radius 1 is 1.13 bits per heavy atom. The fourth-order valence-corrected chi connectivity index (χ4v) is 4.60. The maximum Gasteiger partial charge on any atom is 0.228 e. The van der Waals surface area contributed by atoms with Crippen molar-refractivity contribution in [2.45, 2.75) is 25.4 Å². The predicted molar refractivity (Wildman–Crippen MR) is 112 cm³/mol. The van der Waals surface area contributed by atoms with Gasteiger partial charge in [0.15, 0.2) is 11.5 Å². The highest BCUT2D eigenvalue weighted by Gasteiger charge is 2.38. The first-order valence-electron chi connectivity index (χ1n) is 10.7. The summed E-state index contributed by atoms with van der Waals surface area (Å²) >= 11 is 0. The number of rotatable bonds is 6. The standard InChI is InChI=1S/C22H31N3O5/c1-28-19-6-5-17(13-20(19)29-2)25-14-16(12-21(25)26)22(27)24-9-7-23(8-10-24)15-18-4-3-11-30-18/h5-6,13,16,18H,3-4,7-12,14-15H2,1-2H3. The number of piperazine rings is 1. The van der Waals surface area contributed by atoms with Crippen LogP contribution in [-0.4, -0.2) is 87.8 Å². The zero-order chi connectivity index (χ0) is 21.1. The van der Waals surface area contributed by atoms with E-state index in [9.17, 15) is 9.59 Å². The molecule has 3 aliphatic heterocycles. The first-order valence-corrected chi connectivity index (χ1v) is 10.7. The van der Waals surface area contributed by atoms with Crippen molar-refractivity contribution in [3.8, 4) is 11.5 Å². The largest absolute Gasteiger partial charge is 0.493 e. The van der Waals surface area contributed by atoms with Gasteiger partial charge in [0.1, 0.15) is 0 Å². The second-order valence-electron chi connectivity index (χ2n) is 8.21. The van der Waals surface area contributed by atoms with Gasteiger partial charge in [-0.25, -0.2) is 0 Å². The van der Waals surface area contributed by atoms with E-state index in [2.05, 4.69) is 4.90 Å². The lowest BCUT2D eigenvalue weighted by Crippen LogP contribution is -2.52. The molecule has 0 aliphatic carbocycles. The van der Waals surface area contributed by atoms with Gasteiger partial charge in [-0.1, -0.05) is 0 Å². The molecule has 0 spiro atoms. The first-order chi connectivity index (χ1) is 14.6. The van der Waals surface area contributed by atoms with Crippen molar-refractivity contribution in [1.29, 1.82) is 0 Å². The van der Waals surface area contributed by atoms with Crippen LogP contribution in [0.25, 0.3) is 0 Å². The van der Waals surface area contributed by atoms with E-state index in [-0.39, 0.29) is 24.2 Å². The fourth-order valence-electron chi connectivity index (χ4n) is 4.60. The smallest absolute Gasteiger partial charge is 0.228 e. The molecule has 2 atom stereocenters. The minimum Gasteiger partial charge on any atom is -0.493 e. The lowest BCUT2D eigenvalue weighted by molar-refractivity contribution is -0.137. The number of amides is 2. The van der Waals surface area contributed by atoms with Crippen LogP contribution in [0.1, 0.15) is 19.3 Å². The number of ether oxygens (including phenoxy) is 3. The summed E-state index contributed by atoms with van der Waals surface area (Å²) < 4.78 is 16.3. The quantitative estimate of drug-likeness (QED) is 0.697. The van der Waals surface area contributed by atoms with Crippen LogP contribution in [-0.2, 0) is 14.3 Å². The van der Waals surface area contributed by atoms with Gasteiger partial charge in [-0.2, -0.15) is 0 Å². The summed E-state index contributed by atoms with van der Waals surface area (Å²) in [4.78, 5) is 31.7. The summed E-state index contributed by atoms with van der Waals surface area (Å²) in [6.45, 7) is 5.40. The third-order valence-electron chi connectivity index (χ3n) is 6.32. The van der Waals surface area contributed by atoms with Crippen molar-refractivity contribution in [3.05, 3.63) is 18.2 Å². The van der Waals surface area contributed by atoms with Crippen molar-refractivity contribution in [2.75, 3.05) is 65.0 Å². The number of hydrogen-bond donors (Lipinski definition) is 0. The number of carbonyl (C=O) groups excluding carboxylic acids is 2. The molecule has 8 heteroatoms. The van der Waals surface area contributed by atoms with Gasteiger partial charge < -0.3 is 24.0 Å². The van der Waals surface area contributed by atoms with Crippen LogP contribution in [0.5, 0.6) is 11.5 Å². The summed E-state index contributed by atoms with van der Waals surface area (Å²) in [6.07, 6.45) is 2.88. The van der Waals surface area contributed by atoms with E-state index in [0.717, 1.165) is 44.8 Å². The molecule has 30 heavy (non-hydrogen) atoms. The van der Waals surface area contributed by atoms with Gasteiger partial charge in [0, 0.05) is 64.0 Å². The Kier molecular flexibility index (Phi) is 6.43. The van der Waals surface area contributed by atoms with E-state index < -0.39 is 0 Å². The Balaban J connectivity index is 1.33.